The van der Waals surface area contributed by atoms with Crippen LogP contribution >= 0.6 is 0 Å². The fourth-order valence-electron chi connectivity index (χ4n) is 4.01. The molecule has 1 N–H and O–H groups in total. The molecule has 0 bridgehead atoms. The largest absolute Gasteiger partial charge is 0.490 e. The molecule has 1 fully saturated rings. The summed E-state index contributed by atoms with van der Waals surface area (Å²) in [6.07, 6.45) is 2.69. The number of halogens is 4. The summed E-state index contributed by atoms with van der Waals surface area (Å²) < 4.78 is 47.1. The Kier molecular flexibility index (Phi) is 7.58. The van der Waals surface area contributed by atoms with E-state index in [9.17, 15) is 17.6 Å². The molecule has 7 nitrogen and oxygen atoms in total. The number of alkyl halides is 3. The fraction of sp³-hybridized carbons (Fsp3) is 0.280. The van der Waals surface area contributed by atoms with Crippen LogP contribution in [0.5, 0.6) is 0 Å². The van der Waals surface area contributed by atoms with E-state index in [0.29, 0.717) is 5.92 Å². The van der Waals surface area contributed by atoms with Crippen LogP contribution in [0.2, 0.25) is 0 Å². The van der Waals surface area contributed by atoms with Gasteiger partial charge in [0.2, 0.25) is 0 Å². The van der Waals surface area contributed by atoms with Gasteiger partial charge in [-0.2, -0.15) is 18.3 Å². The molecule has 0 amide bonds. The molecule has 1 aromatic carbocycles. The van der Waals surface area contributed by atoms with E-state index in [1.165, 1.54) is 17.7 Å². The molecule has 36 heavy (non-hydrogen) atoms. The van der Waals surface area contributed by atoms with E-state index in [4.69, 9.17) is 20.0 Å². The Morgan fingerprint density at radius 3 is 2.44 bits per heavy atom. The van der Waals surface area contributed by atoms with Gasteiger partial charge in [0, 0.05) is 36.6 Å². The van der Waals surface area contributed by atoms with Gasteiger partial charge in [0.25, 0.3) is 0 Å². The third kappa shape index (κ3) is 6.42. The zero-order valence-corrected chi connectivity index (χ0v) is 19.1. The van der Waals surface area contributed by atoms with Crippen LogP contribution in [-0.4, -0.2) is 54.8 Å². The molecule has 3 aromatic heterocycles. The van der Waals surface area contributed by atoms with Crippen LogP contribution in [0.3, 0.4) is 0 Å². The Hall–Kier alpha value is -3.86. The SMILES string of the molecule is Fc1cccc(-c2ccc3nc(C4CCN(Cc5cccnc5)CC4)nn3c2)c1.O=C(O)C(F)(F)F. The van der Waals surface area contributed by atoms with Gasteiger partial charge in [0.05, 0.1) is 0 Å². The van der Waals surface area contributed by atoms with Crippen molar-refractivity contribution in [3.8, 4) is 11.1 Å². The molecule has 0 unspecified atom stereocenters. The number of benzene rings is 1. The van der Waals surface area contributed by atoms with Crippen LogP contribution in [0.15, 0.2) is 67.1 Å². The van der Waals surface area contributed by atoms with Crippen molar-refractivity contribution in [1.82, 2.24) is 24.5 Å². The van der Waals surface area contributed by atoms with Crippen LogP contribution in [0.25, 0.3) is 16.8 Å². The van der Waals surface area contributed by atoms with Crippen molar-refractivity contribution in [3.63, 3.8) is 0 Å². The van der Waals surface area contributed by atoms with Crippen LogP contribution in [0.4, 0.5) is 17.6 Å². The van der Waals surface area contributed by atoms with Crippen molar-refractivity contribution >= 4 is 11.6 Å². The number of hydrogen-bond acceptors (Lipinski definition) is 5. The van der Waals surface area contributed by atoms with Gasteiger partial charge in [-0.3, -0.25) is 9.88 Å². The molecule has 4 aromatic rings. The zero-order chi connectivity index (χ0) is 25.7. The number of carbonyl (C=O) groups is 1. The smallest absolute Gasteiger partial charge is 0.475 e. The van der Waals surface area contributed by atoms with Crippen LogP contribution in [-0.2, 0) is 11.3 Å². The second-order valence-corrected chi connectivity index (χ2v) is 8.42. The first-order chi connectivity index (χ1) is 17.2. The quantitative estimate of drug-likeness (QED) is 0.399. The number of piperidine rings is 1. The lowest BCUT2D eigenvalue weighted by atomic mass is 9.96. The van der Waals surface area contributed by atoms with Crippen LogP contribution in [0.1, 0.15) is 30.1 Å². The van der Waals surface area contributed by atoms with Gasteiger partial charge in [-0.05, 0) is 67.4 Å². The number of aromatic nitrogens is 4. The number of fused-ring (bicyclic) bond motifs is 1. The summed E-state index contributed by atoms with van der Waals surface area (Å²) in [5.41, 5.74) is 3.85. The topological polar surface area (TPSA) is 83.6 Å². The predicted molar refractivity (Wildman–Crippen MR) is 124 cm³/mol. The van der Waals surface area contributed by atoms with Crippen molar-refractivity contribution in [2.75, 3.05) is 13.1 Å². The van der Waals surface area contributed by atoms with Gasteiger partial charge < -0.3 is 5.11 Å². The van der Waals surface area contributed by atoms with Crippen molar-refractivity contribution < 1.29 is 27.5 Å². The molecular formula is C25H23F4N5O2. The summed E-state index contributed by atoms with van der Waals surface area (Å²) in [4.78, 5) is 20.3. The highest BCUT2D eigenvalue weighted by Gasteiger charge is 2.38. The summed E-state index contributed by atoms with van der Waals surface area (Å²) in [6.45, 7) is 3.00. The summed E-state index contributed by atoms with van der Waals surface area (Å²) in [5, 5.41) is 11.9. The number of rotatable bonds is 4. The van der Waals surface area contributed by atoms with E-state index in [1.807, 2.05) is 47.4 Å². The minimum Gasteiger partial charge on any atom is -0.475 e. The number of likely N-dealkylation sites (tertiary alicyclic amines) is 1. The highest BCUT2D eigenvalue weighted by molar-refractivity contribution is 5.73. The average molecular weight is 501 g/mol. The third-order valence-corrected chi connectivity index (χ3v) is 5.83. The third-order valence-electron chi connectivity index (χ3n) is 5.83. The Morgan fingerprint density at radius 2 is 1.81 bits per heavy atom. The van der Waals surface area contributed by atoms with Crippen molar-refractivity contribution in [1.29, 1.82) is 0 Å². The Labute approximate surface area is 204 Å². The number of aliphatic carboxylic acids is 1. The molecule has 0 atom stereocenters. The zero-order valence-electron chi connectivity index (χ0n) is 19.1. The number of carboxylic acids is 1. The fourth-order valence-corrected chi connectivity index (χ4v) is 4.01. The first kappa shape index (κ1) is 25.2. The predicted octanol–water partition coefficient (Wildman–Crippen LogP) is 4.94. The maximum absolute atomic E-state index is 13.5. The number of pyridine rings is 2. The molecule has 4 heterocycles. The molecule has 0 spiro atoms. The molecule has 0 radical (unpaired) electrons. The highest BCUT2D eigenvalue weighted by Crippen LogP contribution is 2.28. The number of nitrogens with zero attached hydrogens (tertiary/aromatic N) is 5. The number of hydrogen-bond donors (Lipinski definition) is 1. The average Bonchev–Trinajstić information content (AvgIpc) is 3.28. The van der Waals surface area contributed by atoms with E-state index >= 15 is 0 Å². The monoisotopic (exact) mass is 501 g/mol. The molecule has 1 saturated heterocycles. The first-order valence-corrected chi connectivity index (χ1v) is 11.2. The van der Waals surface area contributed by atoms with Gasteiger partial charge in [-0.15, -0.1) is 0 Å². The Balaban J connectivity index is 0.000000384. The normalized spacial score (nSPS) is 14.9. The maximum atomic E-state index is 13.5. The van der Waals surface area contributed by atoms with Gasteiger partial charge in [0.1, 0.15) is 5.82 Å². The van der Waals surface area contributed by atoms with Crippen molar-refractivity contribution in [3.05, 3.63) is 84.3 Å². The lowest BCUT2D eigenvalue weighted by Gasteiger charge is -2.30. The maximum Gasteiger partial charge on any atom is 0.490 e. The van der Waals surface area contributed by atoms with E-state index in [-0.39, 0.29) is 5.82 Å². The minimum absolute atomic E-state index is 0.236. The lowest BCUT2D eigenvalue weighted by molar-refractivity contribution is -0.192. The van der Waals surface area contributed by atoms with Crippen molar-refractivity contribution in [2.24, 2.45) is 0 Å². The van der Waals surface area contributed by atoms with E-state index in [0.717, 1.165) is 55.1 Å². The highest BCUT2D eigenvalue weighted by atomic mass is 19.4. The summed E-state index contributed by atoms with van der Waals surface area (Å²) in [5.74, 6) is -1.72. The molecular weight excluding hydrogens is 478 g/mol. The molecule has 11 heteroatoms. The summed E-state index contributed by atoms with van der Waals surface area (Å²) >= 11 is 0. The second-order valence-electron chi connectivity index (χ2n) is 8.42. The van der Waals surface area contributed by atoms with Crippen LogP contribution < -0.4 is 0 Å². The summed E-state index contributed by atoms with van der Waals surface area (Å²) in [7, 11) is 0. The molecule has 188 valence electrons. The molecule has 1 aliphatic heterocycles. The van der Waals surface area contributed by atoms with E-state index < -0.39 is 12.1 Å². The molecule has 1 aliphatic rings. The minimum atomic E-state index is -5.08. The Morgan fingerprint density at radius 1 is 1.06 bits per heavy atom. The van der Waals surface area contributed by atoms with E-state index in [2.05, 4.69) is 16.0 Å². The molecule has 0 aliphatic carbocycles. The molecule has 5 rings (SSSR count). The van der Waals surface area contributed by atoms with Gasteiger partial charge in [0.15, 0.2) is 11.5 Å². The standard InChI is InChI=1S/C23H22FN5.C2HF3O2/c24-21-5-1-4-19(13-21)20-6-7-22-26-23(27-29(22)16-20)18-8-11-28(12-9-18)15-17-3-2-10-25-14-17;3-2(4,5)1(6)7/h1-7,10,13-14,16,18H,8-9,11-12,15H2;(H,6,7). The summed E-state index contributed by atoms with van der Waals surface area (Å²) in [6, 6.07) is 14.7. The lowest BCUT2D eigenvalue weighted by Crippen LogP contribution is -2.32. The number of carboxylic acid groups (broad SMARTS) is 1. The van der Waals surface area contributed by atoms with Gasteiger partial charge in [-0.25, -0.2) is 18.7 Å². The van der Waals surface area contributed by atoms with Gasteiger partial charge in [-0.1, -0.05) is 18.2 Å². The van der Waals surface area contributed by atoms with E-state index in [1.54, 1.807) is 6.07 Å². The Bertz CT molecular complexity index is 1320. The first-order valence-electron chi connectivity index (χ1n) is 11.2. The van der Waals surface area contributed by atoms with Crippen molar-refractivity contribution in [2.45, 2.75) is 31.5 Å². The van der Waals surface area contributed by atoms with Crippen LogP contribution in [0, 0.1) is 5.82 Å². The molecule has 0 saturated carbocycles. The second kappa shape index (κ2) is 10.8. The van der Waals surface area contributed by atoms with Gasteiger partial charge >= 0.3 is 12.1 Å².